The van der Waals surface area contributed by atoms with E-state index in [-0.39, 0.29) is 23.2 Å². The highest BCUT2D eigenvalue weighted by Gasteiger charge is 2.21. The molecule has 1 saturated heterocycles. The number of rotatable bonds is 5. The van der Waals surface area contributed by atoms with E-state index in [1.807, 2.05) is 0 Å². The summed E-state index contributed by atoms with van der Waals surface area (Å²) in [6.07, 6.45) is 2.67. The molecule has 8 heteroatoms. The highest BCUT2D eigenvalue weighted by atomic mass is 32.2. The molecule has 0 bridgehead atoms. The predicted molar refractivity (Wildman–Crippen MR) is 65.4 cm³/mol. The van der Waals surface area contributed by atoms with E-state index in [4.69, 9.17) is 9.84 Å². The lowest BCUT2D eigenvalue weighted by atomic mass is 10.2. The topological polar surface area (TPSA) is 106 Å². The molecule has 1 fully saturated rings. The summed E-state index contributed by atoms with van der Waals surface area (Å²) in [6.45, 7) is 0.850. The van der Waals surface area contributed by atoms with E-state index in [0.717, 1.165) is 19.0 Å². The van der Waals surface area contributed by atoms with E-state index < -0.39 is 16.0 Å². The Morgan fingerprint density at radius 1 is 1.53 bits per heavy atom. The van der Waals surface area contributed by atoms with Crippen molar-refractivity contribution in [3.05, 3.63) is 23.9 Å². The summed E-state index contributed by atoms with van der Waals surface area (Å²) in [5.74, 6) is -1.15. The molecule has 7 nitrogen and oxygen atoms in total. The third-order valence-electron chi connectivity index (χ3n) is 2.78. The Hall–Kier alpha value is -1.51. The molecule has 104 valence electrons. The van der Waals surface area contributed by atoms with Crippen LogP contribution in [-0.4, -0.2) is 43.7 Å². The van der Waals surface area contributed by atoms with Crippen molar-refractivity contribution < 1.29 is 23.1 Å². The van der Waals surface area contributed by atoms with E-state index in [2.05, 4.69) is 9.71 Å². The number of carboxylic acids is 1. The van der Waals surface area contributed by atoms with Crippen molar-refractivity contribution in [2.24, 2.45) is 0 Å². The monoisotopic (exact) mass is 286 g/mol. The van der Waals surface area contributed by atoms with Crippen LogP contribution in [0.3, 0.4) is 0 Å². The van der Waals surface area contributed by atoms with E-state index >= 15 is 0 Å². The third-order valence-corrected chi connectivity index (χ3v) is 4.12. The van der Waals surface area contributed by atoms with Crippen LogP contribution in [-0.2, 0) is 14.8 Å². The molecule has 1 aliphatic heterocycles. The van der Waals surface area contributed by atoms with Crippen LogP contribution in [0.4, 0.5) is 0 Å². The number of carbonyl (C=O) groups is 1. The van der Waals surface area contributed by atoms with Gasteiger partial charge in [0.2, 0.25) is 0 Å². The fraction of sp³-hybridized carbons (Fsp3) is 0.455. The lowest BCUT2D eigenvalue weighted by molar-refractivity contribution is 0.0696. The summed E-state index contributed by atoms with van der Waals surface area (Å²) >= 11 is 0. The molecule has 2 heterocycles. The first-order valence-electron chi connectivity index (χ1n) is 5.79. The number of nitrogens with zero attached hydrogens (tertiary/aromatic N) is 1. The van der Waals surface area contributed by atoms with Crippen LogP contribution in [0.1, 0.15) is 23.2 Å². The van der Waals surface area contributed by atoms with Crippen LogP contribution in [0.25, 0.3) is 0 Å². The van der Waals surface area contributed by atoms with E-state index in [1.165, 1.54) is 12.1 Å². The highest BCUT2D eigenvalue weighted by Crippen LogP contribution is 2.12. The van der Waals surface area contributed by atoms with Crippen LogP contribution in [0.15, 0.2) is 23.4 Å². The molecule has 1 atom stereocenters. The second-order valence-electron chi connectivity index (χ2n) is 4.18. The van der Waals surface area contributed by atoms with Crippen molar-refractivity contribution in [3.63, 3.8) is 0 Å². The molecule has 0 saturated carbocycles. The highest BCUT2D eigenvalue weighted by molar-refractivity contribution is 7.89. The minimum atomic E-state index is -3.72. The van der Waals surface area contributed by atoms with Gasteiger partial charge in [0, 0.05) is 19.3 Å². The number of hydrogen-bond donors (Lipinski definition) is 2. The van der Waals surface area contributed by atoms with Crippen LogP contribution < -0.4 is 4.72 Å². The number of carboxylic acid groups (broad SMARTS) is 1. The van der Waals surface area contributed by atoms with Crippen molar-refractivity contribution in [1.82, 2.24) is 9.71 Å². The van der Waals surface area contributed by atoms with Gasteiger partial charge >= 0.3 is 5.97 Å². The van der Waals surface area contributed by atoms with Gasteiger partial charge in [0.1, 0.15) is 0 Å². The average Bonchev–Trinajstić information content (AvgIpc) is 2.90. The van der Waals surface area contributed by atoms with Crippen molar-refractivity contribution in [2.45, 2.75) is 24.0 Å². The average molecular weight is 286 g/mol. The number of hydrogen-bond acceptors (Lipinski definition) is 5. The van der Waals surface area contributed by atoms with Gasteiger partial charge < -0.3 is 9.84 Å². The maximum Gasteiger partial charge on any atom is 0.337 e. The number of pyridine rings is 1. The van der Waals surface area contributed by atoms with Gasteiger partial charge in [-0.25, -0.2) is 22.9 Å². The SMILES string of the molecule is O=C(O)c1ccc(S(=O)(=O)NCC2CCCO2)nc1. The fourth-order valence-electron chi connectivity index (χ4n) is 1.75. The third kappa shape index (κ3) is 3.49. The standard InChI is InChI=1S/C11H14N2O5S/c14-11(15)8-3-4-10(12-6-8)19(16,17)13-7-9-2-1-5-18-9/h3-4,6,9,13H,1-2,5,7H2,(H,14,15). The first-order valence-corrected chi connectivity index (χ1v) is 7.28. The van der Waals surface area contributed by atoms with E-state index in [1.54, 1.807) is 0 Å². The van der Waals surface area contributed by atoms with E-state index in [0.29, 0.717) is 6.61 Å². The Bertz CT molecular complexity index is 549. The Morgan fingerprint density at radius 2 is 2.32 bits per heavy atom. The Labute approximate surface area is 110 Å². The summed E-state index contributed by atoms with van der Waals surface area (Å²) in [5, 5.41) is 8.51. The molecule has 0 aromatic carbocycles. The lowest BCUT2D eigenvalue weighted by Gasteiger charge is -2.10. The second-order valence-corrected chi connectivity index (χ2v) is 5.89. The predicted octanol–water partition coefficient (Wildman–Crippen LogP) is 0.237. The van der Waals surface area contributed by atoms with Gasteiger partial charge in [-0.3, -0.25) is 0 Å². The number of sulfonamides is 1. The van der Waals surface area contributed by atoms with Crippen molar-refractivity contribution >= 4 is 16.0 Å². The van der Waals surface area contributed by atoms with Gasteiger partial charge in [0.25, 0.3) is 10.0 Å². The quantitative estimate of drug-likeness (QED) is 0.803. The Balaban J connectivity index is 2.03. The van der Waals surface area contributed by atoms with Crippen molar-refractivity contribution in [3.8, 4) is 0 Å². The zero-order chi connectivity index (χ0) is 13.9. The summed E-state index contributed by atoms with van der Waals surface area (Å²) in [4.78, 5) is 14.3. The molecule has 19 heavy (non-hydrogen) atoms. The first kappa shape index (κ1) is 13.9. The minimum Gasteiger partial charge on any atom is -0.478 e. The summed E-state index contributed by atoms with van der Waals surface area (Å²) in [7, 11) is -3.72. The molecule has 1 unspecified atom stereocenters. The molecule has 2 rings (SSSR count). The zero-order valence-corrected chi connectivity index (χ0v) is 10.9. The second kappa shape index (κ2) is 5.64. The van der Waals surface area contributed by atoms with Gasteiger partial charge in [0.05, 0.1) is 11.7 Å². The molecule has 0 spiro atoms. The number of ether oxygens (including phenoxy) is 1. The Morgan fingerprint density at radius 3 is 2.84 bits per heavy atom. The minimum absolute atomic E-state index is 0.0573. The summed E-state index contributed by atoms with van der Waals surface area (Å²) in [5.41, 5.74) is -0.0573. The van der Waals surface area contributed by atoms with Gasteiger partial charge in [-0.2, -0.15) is 0 Å². The lowest BCUT2D eigenvalue weighted by Crippen LogP contribution is -2.32. The first-order chi connectivity index (χ1) is 8.99. The van der Waals surface area contributed by atoms with Crippen LogP contribution in [0.5, 0.6) is 0 Å². The van der Waals surface area contributed by atoms with Crippen LogP contribution >= 0.6 is 0 Å². The van der Waals surface area contributed by atoms with Crippen LogP contribution in [0, 0.1) is 0 Å². The largest absolute Gasteiger partial charge is 0.478 e. The van der Waals surface area contributed by atoms with Gasteiger partial charge in [-0.1, -0.05) is 0 Å². The van der Waals surface area contributed by atoms with Gasteiger partial charge in [0.15, 0.2) is 5.03 Å². The molecular weight excluding hydrogens is 272 g/mol. The fourth-order valence-corrected chi connectivity index (χ4v) is 2.74. The smallest absolute Gasteiger partial charge is 0.337 e. The van der Waals surface area contributed by atoms with Crippen molar-refractivity contribution in [1.29, 1.82) is 0 Å². The molecule has 2 N–H and O–H groups in total. The maximum atomic E-state index is 11.9. The van der Waals surface area contributed by atoms with Crippen LogP contribution in [0.2, 0.25) is 0 Å². The van der Waals surface area contributed by atoms with Gasteiger partial charge in [-0.15, -0.1) is 0 Å². The Kier molecular flexibility index (Phi) is 4.13. The molecule has 0 aliphatic carbocycles. The van der Waals surface area contributed by atoms with Crippen molar-refractivity contribution in [2.75, 3.05) is 13.2 Å². The maximum absolute atomic E-state index is 11.9. The molecular formula is C11H14N2O5S. The molecule has 0 amide bonds. The molecule has 0 radical (unpaired) electrons. The molecule has 1 aromatic rings. The van der Waals surface area contributed by atoms with Gasteiger partial charge in [-0.05, 0) is 25.0 Å². The van der Waals surface area contributed by atoms with E-state index in [9.17, 15) is 13.2 Å². The summed E-state index contributed by atoms with van der Waals surface area (Å²) < 4.78 is 31.5. The number of aromatic carboxylic acids is 1. The molecule has 1 aromatic heterocycles. The number of aromatic nitrogens is 1. The summed E-state index contributed by atoms with van der Waals surface area (Å²) in [6, 6.07) is 2.37. The number of nitrogens with one attached hydrogen (secondary N) is 1. The normalized spacial score (nSPS) is 19.5. The zero-order valence-electron chi connectivity index (χ0n) is 10.1. The molecule has 1 aliphatic rings.